The molecule has 2 aromatic heterocycles. The molecule has 0 amide bonds. The van der Waals surface area contributed by atoms with Crippen molar-refractivity contribution in [3.05, 3.63) is 110 Å². The lowest BCUT2D eigenvalue weighted by atomic mass is 10.0. The van der Waals surface area contributed by atoms with E-state index in [2.05, 4.69) is 28.3 Å². The molecule has 8 nitrogen and oxygen atoms in total. The van der Waals surface area contributed by atoms with Crippen molar-refractivity contribution in [2.24, 2.45) is 5.92 Å². The minimum atomic E-state index is -0.563. The number of hydrogen-bond acceptors (Lipinski definition) is 9. The van der Waals surface area contributed by atoms with Gasteiger partial charge < -0.3 is 23.8 Å². The van der Waals surface area contributed by atoms with Gasteiger partial charge in [0.15, 0.2) is 11.5 Å². The minimum absolute atomic E-state index is 0.257. The van der Waals surface area contributed by atoms with Crippen molar-refractivity contribution in [2.45, 2.75) is 38.1 Å². The third-order valence-electron chi connectivity index (χ3n) is 8.06. The van der Waals surface area contributed by atoms with E-state index in [-0.39, 0.29) is 12.1 Å². The van der Waals surface area contributed by atoms with Crippen LogP contribution in [0.25, 0.3) is 0 Å². The zero-order chi connectivity index (χ0) is 32.5. The van der Waals surface area contributed by atoms with E-state index in [1.807, 2.05) is 54.6 Å². The first-order valence-electron chi connectivity index (χ1n) is 15.2. The second-order valence-electron chi connectivity index (χ2n) is 11.3. The summed E-state index contributed by atoms with van der Waals surface area (Å²) in [4.78, 5) is 21.7. The fraction of sp³-hybridized carbons (Fsp3) is 0.371. The average molecular weight is 685 g/mol. The highest BCUT2D eigenvalue weighted by molar-refractivity contribution is 7.11. The first kappa shape index (κ1) is 34.2. The fourth-order valence-corrected chi connectivity index (χ4v) is 6.96. The van der Waals surface area contributed by atoms with Crippen molar-refractivity contribution >= 4 is 40.5 Å². The van der Waals surface area contributed by atoms with Crippen LogP contribution in [0.1, 0.15) is 45.0 Å². The molecular weight excluding hydrogens is 645 g/mol. The minimum Gasteiger partial charge on any atom is -0.493 e. The van der Waals surface area contributed by atoms with Gasteiger partial charge in [-0.25, -0.2) is 4.79 Å². The van der Waals surface area contributed by atoms with Gasteiger partial charge in [0.1, 0.15) is 6.04 Å². The molecule has 244 valence electrons. The van der Waals surface area contributed by atoms with Gasteiger partial charge in [0.05, 0.1) is 43.6 Å². The van der Waals surface area contributed by atoms with E-state index in [9.17, 15) is 4.79 Å². The Bertz CT molecular complexity index is 1570. The number of pyridine rings is 1. The van der Waals surface area contributed by atoms with Crippen LogP contribution in [0, 0.1) is 5.92 Å². The van der Waals surface area contributed by atoms with Crippen LogP contribution < -0.4 is 14.8 Å². The second kappa shape index (κ2) is 16.6. The molecule has 1 saturated heterocycles. The Kier molecular flexibility index (Phi) is 12.3. The van der Waals surface area contributed by atoms with Crippen molar-refractivity contribution in [2.75, 3.05) is 41.0 Å². The van der Waals surface area contributed by atoms with Gasteiger partial charge in [-0.1, -0.05) is 59.6 Å². The molecular formula is C35H39Cl2N3O5S. The van der Waals surface area contributed by atoms with E-state index in [0.717, 1.165) is 46.0 Å². The second-order valence-corrected chi connectivity index (χ2v) is 13.4. The number of aromatic nitrogens is 1. The smallest absolute Gasteiger partial charge is 0.327 e. The third-order valence-corrected chi connectivity index (χ3v) is 9.77. The summed E-state index contributed by atoms with van der Waals surface area (Å²) in [5.74, 6) is 1.35. The van der Waals surface area contributed by atoms with Crippen molar-refractivity contribution in [3.63, 3.8) is 0 Å². The van der Waals surface area contributed by atoms with Crippen LogP contribution >= 0.6 is 34.5 Å². The number of benzene rings is 2. The fourth-order valence-electron chi connectivity index (χ4n) is 5.55. The molecule has 0 saturated carbocycles. The number of ether oxygens (including phenoxy) is 4. The molecule has 1 aliphatic rings. The van der Waals surface area contributed by atoms with Crippen molar-refractivity contribution in [1.29, 1.82) is 0 Å². The number of carbonyl (C=O) groups excluding carboxylic acids is 1. The SMILES string of the molecule is COc1ccc([C@H](Cc2c(Cl)cncc2Cl)OCc2ccc(CNC(C(=O)OC[C@H]3CCN(C)C3)c3ccccc3)s2)cc1OC. The van der Waals surface area contributed by atoms with E-state index < -0.39 is 6.04 Å². The van der Waals surface area contributed by atoms with Crippen LogP contribution in [-0.4, -0.2) is 56.8 Å². The molecule has 1 unspecified atom stereocenters. The Morgan fingerprint density at radius 2 is 1.74 bits per heavy atom. The van der Waals surface area contributed by atoms with E-state index in [0.29, 0.717) is 53.6 Å². The molecule has 0 radical (unpaired) electrons. The Labute approximate surface area is 284 Å². The number of likely N-dealkylation sites (tertiary alicyclic amines) is 1. The monoisotopic (exact) mass is 683 g/mol. The van der Waals surface area contributed by atoms with Gasteiger partial charge in [0.2, 0.25) is 0 Å². The van der Waals surface area contributed by atoms with Crippen LogP contribution in [0.5, 0.6) is 11.5 Å². The van der Waals surface area contributed by atoms with Crippen LogP contribution in [0.4, 0.5) is 0 Å². The highest BCUT2D eigenvalue weighted by Gasteiger charge is 2.26. The van der Waals surface area contributed by atoms with Gasteiger partial charge in [-0.2, -0.15) is 0 Å². The van der Waals surface area contributed by atoms with Gasteiger partial charge >= 0.3 is 5.97 Å². The van der Waals surface area contributed by atoms with Crippen molar-refractivity contribution in [1.82, 2.24) is 15.2 Å². The summed E-state index contributed by atoms with van der Waals surface area (Å²) >= 11 is 14.6. The molecule has 5 rings (SSSR count). The number of thiophene rings is 1. The molecule has 2 aromatic carbocycles. The number of rotatable bonds is 15. The maximum atomic E-state index is 13.3. The number of methoxy groups -OCH3 is 2. The first-order valence-corrected chi connectivity index (χ1v) is 16.7. The van der Waals surface area contributed by atoms with Crippen LogP contribution in [0.15, 0.2) is 73.1 Å². The molecule has 0 bridgehead atoms. The van der Waals surface area contributed by atoms with E-state index in [1.165, 1.54) is 0 Å². The van der Waals surface area contributed by atoms with E-state index in [4.69, 9.17) is 42.1 Å². The number of hydrogen-bond donors (Lipinski definition) is 1. The van der Waals surface area contributed by atoms with Crippen LogP contribution in [-0.2, 0) is 33.8 Å². The Morgan fingerprint density at radius 1 is 1.00 bits per heavy atom. The average Bonchev–Trinajstić information content (AvgIpc) is 3.71. The maximum Gasteiger partial charge on any atom is 0.327 e. The summed E-state index contributed by atoms with van der Waals surface area (Å²) in [5, 5.41) is 4.39. The zero-order valence-electron chi connectivity index (χ0n) is 26.2. The summed E-state index contributed by atoms with van der Waals surface area (Å²) in [7, 11) is 5.30. The molecule has 4 aromatic rings. The van der Waals surface area contributed by atoms with Gasteiger partial charge in [0, 0.05) is 47.6 Å². The number of carbonyl (C=O) groups is 1. The number of esters is 1. The summed E-state index contributed by atoms with van der Waals surface area (Å²) in [6.45, 7) is 3.29. The van der Waals surface area contributed by atoms with Gasteiger partial charge in [-0.15, -0.1) is 11.3 Å². The standard InChI is InChI=1S/C35H39Cl2N3O5S/c1-40-14-13-23(20-40)21-45-35(41)34(24-7-5-4-6-8-24)39-17-26-10-11-27(46-26)22-44-32(16-28-29(36)18-38-19-30(28)37)25-9-12-31(42-2)33(15-25)43-3/h4-12,15,18-19,23,32,34,39H,13-14,16-17,20-22H2,1-3H3/t23-,32-,34?/m0/s1. The normalized spacial score (nSPS) is 16.2. The van der Waals surface area contributed by atoms with Crippen LogP contribution in [0.2, 0.25) is 10.0 Å². The zero-order valence-corrected chi connectivity index (χ0v) is 28.5. The lowest BCUT2D eigenvalue weighted by Crippen LogP contribution is -2.31. The summed E-state index contributed by atoms with van der Waals surface area (Å²) in [5.41, 5.74) is 2.53. The predicted molar refractivity (Wildman–Crippen MR) is 182 cm³/mol. The Morgan fingerprint density at radius 3 is 2.43 bits per heavy atom. The molecule has 0 spiro atoms. The summed E-state index contributed by atoms with van der Waals surface area (Å²) in [6, 6.07) is 19.0. The van der Waals surface area contributed by atoms with Gasteiger partial charge in [-0.3, -0.25) is 10.3 Å². The number of nitrogens with zero attached hydrogens (tertiary/aromatic N) is 2. The molecule has 1 aliphatic heterocycles. The van der Waals surface area contributed by atoms with Gasteiger partial charge in [-0.05, 0) is 61.0 Å². The molecule has 46 heavy (non-hydrogen) atoms. The highest BCUT2D eigenvalue weighted by atomic mass is 35.5. The topological polar surface area (TPSA) is 82.2 Å². The Hall–Kier alpha value is -3.18. The highest BCUT2D eigenvalue weighted by Crippen LogP contribution is 2.36. The summed E-state index contributed by atoms with van der Waals surface area (Å²) in [6.07, 6.45) is 4.27. The van der Waals surface area contributed by atoms with Crippen LogP contribution in [0.3, 0.4) is 0 Å². The number of nitrogens with one attached hydrogen (secondary N) is 1. The van der Waals surface area contributed by atoms with Crippen molar-refractivity contribution in [3.8, 4) is 11.5 Å². The molecule has 1 N–H and O–H groups in total. The maximum absolute atomic E-state index is 13.3. The lowest BCUT2D eigenvalue weighted by molar-refractivity contribution is -0.147. The van der Waals surface area contributed by atoms with E-state index >= 15 is 0 Å². The summed E-state index contributed by atoms with van der Waals surface area (Å²) < 4.78 is 23.3. The molecule has 11 heteroatoms. The van der Waals surface area contributed by atoms with E-state index in [1.54, 1.807) is 38.0 Å². The molecule has 3 atom stereocenters. The predicted octanol–water partition coefficient (Wildman–Crippen LogP) is 7.29. The largest absolute Gasteiger partial charge is 0.493 e. The first-order chi connectivity index (χ1) is 22.3. The van der Waals surface area contributed by atoms with Gasteiger partial charge in [0.25, 0.3) is 0 Å². The third kappa shape index (κ3) is 9.00. The molecule has 3 heterocycles. The van der Waals surface area contributed by atoms with Crippen molar-refractivity contribution < 1.29 is 23.7 Å². The molecule has 0 aliphatic carbocycles. The number of halogens is 2. The molecule has 1 fully saturated rings. The Balaban J connectivity index is 1.26. The quantitative estimate of drug-likeness (QED) is 0.131. The lowest BCUT2D eigenvalue weighted by Gasteiger charge is -2.21.